The molecule has 0 aromatic heterocycles. The van der Waals surface area contributed by atoms with Gasteiger partial charge in [-0.05, 0) is 18.2 Å². The highest BCUT2D eigenvalue weighted by Gasteiger charge is 2.00. The van der Waals surface area contributed by atoms with Gasteiger partial charge in [0.05, 0.1) is 19.2 Å². The number of hydrogen-bond acceptors (Lipinski definition) is 3. The number of amides is 1. The summed E-state index contributed by atoms with van der Waals surface area (Å²) in [6.07, 6.45) is 0. The molecule has 0 spiro atoms. The van der Waals surface area contributed by atoms with Crippen molar-refractivity contribution in [3.63, 3.8) is 0 Å². The lowest BCUT2D eigenvalue weighted by atomic mass is 10.1. The van der Waals surface area contributed by atoms with Crippen LogP contribution < -0.4 is 10.1 Å². The Morgan fingerprint density at radius 2 is 2.24 bits per heavy atom. The predicted molar refractivity (Wildman–Crippen MR) is 63.3 cm³/mol. The zero-order valence-electron chi connectivity index (χ0n) is 9.70. The molecule has 0 aliphatic rings. The fourth-order valence-electron chi connectivity index (χ4n) is 1.16. The van der Waals surface area contributed by atoms with Crippen molar-refractivity contribution in [2.24, 2.45) is 0 Å². The summed E-state index contributed by atoms with van der Waals surface area (Å²) < 4.78 is 5.05. The summed E-state index contributed by atoms with van der Waals surface area (Å²) in [5.41, 5.74) is 1.08. The standard InChI is InChI=1S/C13H12N2O2/c1-10(16)15-7-3-4-11-8-13(17-2)6-5-12(11)9-14/h5-6,8H,7H2,1-2H3,(H,15,16). The number of nitrogens with zero attached hydrogens (tertiary/aromatic N) is 1. The Kier molecular flexibility index (Phi) is 4.59. The minimum absolute atomic E-state index is 0.134. The first kappa shape index (κ1) is 12.6. The van der Waals surface area contributed by atoms with Gasteiger partial charge in [-0.15, -0.1) is 0 Å². The maximum absolute atomic E-state index is 10.6. The second-order valence-corrected chi connectivity index (χ2v) is 3.23. The zero-order chi connectivity index (χ0) is 12.7. The fraction of sp³-hybridized carbons (Fsp3) is 0.231. The predicted octanol–water partition coefficient (Wildman–Crippen LogP) is 1.05. The average Bonchev–Trinajstić information content (AvgIpc) is 2.34. The number of methoxy groups -OCH3 is 1. The van der Waals surface area contributed by atoms with E-state index in [4.69, 9.17) is 10.00 Å². The van der Waals surface area contributed by atoms with Crippen molar-refractivity contribution >= 4 is 5.91 Å². The molecule has 0 saturated carbocycles. The van der Waals surface area contributed by atoms with Gasteiger partial charge in [0, 0.05) is 12.5 Å². The van der Waals surface area contributed by atoms with Gasteiger partial charge in [0.1, 0.15) is 11.8 Å². The molecule has 17 heavy (non-hydrogen) atoms. The molecule has 0 aliphatic heterocycles. The van der Waals surface area contributed by atoms with Gasteiger partial charge >= 0.3 is 0 Å². The number of nitrogens with one attached hydrogen (secondary N) is 1. The molecular formula is C13H12N2O2. The highest BCUT2D eigenvalue weighted by molar-refractivity contribution is 5.73. The Hall–Kier alpha value is -2.46. The first-order valence-electron chi connectivity index (χ1n) is 4.99. The summed E-state index contributed by atoms with van der Waals surface area (Å²) in [6.45, 7) is 1.69. The molecule has 4 heteroatoms. The van der Waals surface area contributed by atoms with E-state index < -0.39 is 0 Å². The van der Waals surface area contributed by atoms with Crippen molar-refractivity contribution in [3.05, 3.63) is 29.3 Å². The third kappa shape index (κ3) is 3.89. The molecule has 1 amide bonds. The Balaban J connectivity index is 2.88. The molecule has 1 aromatic rings. The number of nitriles is 1. The molecule has 0 heterocycles. The summed E-state index contributed by atoms with van der Waals surface area (Å²) in [7, 11) is 1.55. The summed E-state index contributed by atoms with van der Waals surface area (Å²) in [5.74, 6) is 6.11. The number of hydrogen-bond donors (Lipinski definition) is 1. The van der Waals surface area contributed by atoms with Crippen LogP contribution in [0.1, 0.15) is 18.1 Å². The van der Waals surface area contributed by atoms with E-state index >= 15 is 0 Å². The van der Waals surface area contributed by atoms with Crippen molar-refractivity contribution in [1.29, 1.82) is 5.26 Å². The van der Waals surface area contributed by atoms with Gasteiger partial charge in [-0.2, -0.15) is 5.26 Å². The second-order valence-electron chi connectivity index (χ2n) is 3.23. The van der Waals surface area contributed by atoms with Crippen LogP contribution in [0.2, 0.25) is 0 Å². The smallest absolute Gasteiger partial charge is 0.217 e. The molecule has 1 aromatic carbocycles. The minimum atomic E-state index is -0.134. The number of benzene rings is 1. The molecular weight excluding hydrogens is 216 g/mol. The lowest BCUT2D eigenvalue weighted by Gasteiger charge is -2.01. The van der Waals surface area contributed by atoms with E-state index in [1.54, 1.807) is 25.3 Å². The first-order chi connectivity index (χ1) is 8.17. The number of carbonyl (C=O) groups excluding carboxylic acids is 1. The van der Waals surface area contributed by atoms with Crippen LogP contribution in [0.5, 0.6) is 5.75 Å². The SMILES string of the molecule is COc1ccc(C#N)c(C#CCNC(C)=O)c1. The van der Waals surface area contributed by atoms with Crippen LogP contribution in [0.15, 0.2) is 18.2 Å². The maximum Gasteiger partial charge on any atom is 0.217 e. The van der Waals surface area contributed by atoms with Crippen LogP contribution >= 0.6 is 0 Å². The molecule has 1 N–H and O–H groups in total. The van der Waals surface area contributed by atoms with E-state index in [2.05, 4.69) is 23.2 Å². The van der Waals surface area contributed by atoms with Crippen LogP contribution in [-0.2, 0) is 4.79 Å². The van der Waals surface area contributed by atoms with E-state index in [0.717, 1.165) is 0 Å². The number of carbonyl (C=O) groups is 1. The molecule has 0 bridgehead atoms. The molecule has 0 radical (unpaired) electrons. The third-order valence-electron chi connectivity index (χ3n) is 2.00. The highest BCUT2D eigenvalue weighted by Crippen LogP contribution is 2.15. The first-order valence-corrected chi connectivity index (χ1v) is 4.99. The van der Waals surface area contributed by atoms with Crippen molar-refractivity contribution in [3.8, 4) is 23.7 Å². The number of ether oxygens (including phenoxy) is 1. The van der Waals surface area contributed by atoms with Gasteiger partial charge in [0.15, 0.2) is 0 Å². The molecule has 86 valence electrons. The fourth-order valence-corrected chi connectivity index (χ4v) is 1.16. The molecule has 0 atom stereocenters. The normalized spacial score (nSPS) is 8.53. The molecule has 1 rings (SSSR count). The van der Waals surface area contributed by atoms with E-state index in [1.165, 1.54) is 6.92 Å². The van der Waals surface area contributed by atoms with Gasteiger partial charge in [-0.3, -0.25) is 4.79 Å². The van der Waals surface area contributed by atoms with Crippen molar-refractivity contribution in [2.45, 2.75) is 6.92 Å². The van der Waals surface area contributed by atoms with E-state index in [1.807, 2.05) is 0 Å². The second kappa shape index (κ2) is 6.19. The Morgan fingerprint density at radius 3 is 2.82 bits per heavy atom. The van der Waals surface area contributed by atoms with Crippen molar-refractivity contribution in [2.75, 3.05) is 13.7 Å². The van der Waals surface area contributed by atoms with Gasteiger partial charge in [0.25, 0.3) is 0 Å². The Labute approximate surface area is 100 Å². The number of rotatable bonds is 2. The molecule has 0 fully saturated rings. The van der Waals surface area contributed by atoms with Crippen LogP contribution in [-0.4, -0.2) is 19.6 Å². The quantitative estimate of drug-likeness (QED) is 0.770. The van der Waals surface area contributed by atoms with E-state index in [0.29, 0.717) is 16.9 Å². The minimum Gasteiger partial charge on any atom is -0.497 e. The largest absolute Gasteiger partial charge is 0.497 e. The average molecular weight is 228 g/mol. The lowest BCUT2D eigenvalue weighted by Crippen LogP contribution is -2.19. The molecule has 0 saturated heterocycles. The zero-order valence-corrected chi connectivity index (χ0v) is 9.70. The monoisotopic (exact) mass is 228 g/mol. The summed E-state index contributed by atoms with van der Waals surface area (Å²) >= 11 is 0. The molecule has 0 unspecified atom stereocenters. The van der Waals surface area contributed by atoms with Crippen LogP contribution in [0.4, 0.5) is 0 Å². The van der Waals surface area contributed by atoms with Gasteiger partial charge in [-0.1, -0.05) is 11.8 Å². The van der Waals surface area contributed by atoms with Crippen molar-refractivity contribution in [1.82, 2.24) is 5.32 Å². The van der Waals surface area contributed by atoms with Gasteiger partial charge in [-0.25, -0.2) is 0 Å². The van der Waals surface area contributed by atoms with Gasteiger partial charge < -0.3 is 10.1 Å². The molecule has 4 nitrogen and oxygen atoms in total. The topological polar surface area (TPSA) is 62.1 Å². The Morgan fingerprint density at radius 1 is 1.47 bits per heavy atom. The lowest BCUT2D eigenvalue weighted by molar-refractivity contribution is -0.118. The summed E-state index contributed by atoms with van der Waals surface area (Å²) in [4.78, 5) is 10.6. The highest BCUT2D eigenvalue weighted by atomic mass is 16.5. The van der Waals surface area contributed by atoms with E-state index in [9.17, 15) is 4.79 Å². The van der Waals surface area contributed by atoms with E-state index in [-0.39, 0.29) is 12.5 Å². The van der Waals surface area contributed by atoms with Crippen LogP contribution in [0.25, 0.3) is 0 Å². The molecule has 0 aliphatic carbocycles. The Bertz CT molecular complexity index is 518. The van der Waals surface area contributed by atoms with Crippen molar-refractivity contribution < 1.29 is 9.53 Å². The summed E-state index contributed by atoms with van der Waals surface area (Å²) in [5, 5.41) is 11.5. The van der Waals surface area contributed by atoms with Crippen LogP contribution in [0.3, 0.4) is 0 Å². The van der Waals surface area contributed by atoms with Crippen LogP contribution in [0, 0.1) is 23.2 Å². The maximum atomic E-state index is 10.6. The van der Waals surface area contributed by atoms with Gasteiger partial charge in [0.2, 0.25) is 5.91 Å². The third-order valence-corrected chi connectivity index (χ3v) is 2.00. The summed E-state index contributed by atoms with van der Waals surface area (Å²) in [6, 6.07) is 7.10.